The number of nitrogens with one attached hydrogen (secondary N) is 3. The molecule has 1 fully saturated rings. The van der Waals surface area contributed by atoms with E-state index in [9.17, 15) is 9.59 Å². The van der Waals surface area contributed by atoms with Gasteiger partial charge in [-0.05, 0) is 54.1 Å². The lowest BCUT2D eigenvalue weighted by Crippen LogP contribution is -2.48. The number of ether oxygens (including phenoxy) is 1. The monoisotopic (exact) mass is 549 g/mol. The molecule has 0 atom stereocenters. The summed E-state index contributed by atoms with van der Waals surface area (Å²) < 4.78 is 5.83. The molecule has 0 bridgehead atoms. The van der Waals surface area contributed by atoms with Crippen molar-refractivity contribution in [3.05, 3.63) is 120 Å². The molecule has 0 aromatic heterocycles. The number of hydrogen-bond donors (Lipinski definition) is 3. The summed E-state index contributed by atoms with van der Waals surface area (Å²) in [5.41, 5.74) is 3.08. The fourth-order valence-electron chi connectivity index (χ4n) is 4.70. The number of para-hydroxylation sites is 1. The zero-order valence-electron chi connectivity index (χ0n) is 23.0. The standard InChI is InChI=1S/C33H35N5O3/c39-32(34-18-19-37-20-22-38(23-21-37)25-26-8-3-1-4-9-26)27-14-16-28(17-15-27)35-33(40)36-29-10-7-13-31(24-29)41-30-11-5-2-6-12-30/h1-17,24H,18-23,25H2,(H,34,39)(H2,35,36,40). The Morgan fingerprint density at radius 1 is 0.659 bits per heavy atom. The van der Waals surface area contributed by atoms with Crippen LogP contribution in [0.1, 0.15) is 15.9 Å². The van der Waals surface area contributed by atoms with E-state index in [0.717, 1.165) is 45.0 Å². The highest BCUT2D eigenvalue weighted by Gasteiger charge is 2.17. The average molecular weight is 550 g/mol. The van der Waals surface area contributed by atoms with Crippen molar-refractivity contribution in [2.45, 2.75) is 6.54 Å². The van der Waals surface area contributed by atoms with Gasteiger partial charge >= 0.3 is 6.03 Å². The first kappa shape index (κ1) is 27.9. The number of carbonyl (C=O) groups excluding carboxylic acids is 2. The third kappa shape index (κ3) is 8.66. The second-order valence-electron chi connectivity index (χ2n) is 9.96. The molecule has 0 spiro atoms. The predicted molar refractivity (Wildman–Crippen MR) is 163 cm³/mol. The number of carbonyl (C=O) groups is 2. The fraction of sp³-hybridized carbons (Fsp3) is 0.212. The average Bonchev–Trinajstić information content (AvgIpc) is 2.99. The van der Waals surface area contributed by atoms with Crippen LogP contribution >= 0.6 is 0 Å². The van der Waals surface area contributed by atoms with Gasteiger partial charge in [0.05, 0.1) is 0 Å². The molecule has 4 aromatic carbocycles. The Bertz CT molecular complexity index is 1410. The minimum absolute atomic E-state index is 0.126. The van der Waals surface area contributed by atoms with Crippen molar-refractivity contribution in [1.82, 2.24) is 15.1 Å². The van der Waals surface area contributed by atoms with Crippen LogP contribution in [-0.4, -0.2) is 61.0 Å². The van der Waals surface area contributed by atoms with E-state index in [0.29, 0.717) is 29.2 Å². The van der Waals surface area contributed by atoms with Gasteiger partial charge in [0, 0.05) is 68.8 Å². The van der Waals surface area contributed by atoms with Gasteiger partial charge in [-0.1, -0.05) is 54.6 Å². The summed E-state index contributed by atoms with van der Waals surface area (Å²) in [6.07, 6.45) is 0. The highest BCUT2D eigenvalue weighted by molar-refractivity contribution is 6.00. The maximum absolute atomic E-state index is 12.6. The smallest absolute Gasteiger partial charge is 0.323 e. The van der Waals surface area contributed by atoms with Crippen LogP contribution in [0.2, 0.25) is 0 Å². The van der Waals surface area contributed by atoms with Gasteiger partial charge in [0.25, 0.3) is 5.91 Å². The minimum atomic E-state index is -0.386. The summed E-state index contributed by atoms with van der Waals surface area (Å²) >= 11 is 0. The van der Waals surface area contributed by atoms with Crippen LogP contribution in [0.5, 0.6) is 11.5 Å². The molecule has 4 aromatic rings. The van der Waals surface area contributed by atoms with Crippen molar-refractivity contribution >= 4 is 23.3 Å². The molecule has 0 aliphatic carbocycles. The number of piperazine rings is 1. The van der Waals surface area contributed by atoms with Gasteiger partial charge < -0.3 is 20.7 Å². The van der Waals surface area contributed by atoms with Crippen LogP contribution < -0.4 is 20.7 Å². The van der Waals surface area contributed by atoms with E-state index in [4.69, 9.17) is 4.74 Å². The zero-order valence-corrected chi connectivity index (χ0v) is 23.0. The molecular formula is C33H35N5O3. The molecule has 3 N–H and O–H groups in total. The van der Waals surface area contributed by atoms with E-state index in [1.807, 2.05) is 48.5 Å². The van der Waals surface area contributed by atoms with Crippen LogP contribution in [0.25, 0.3) is 0 Å². The summed E-state index contributed by atoms with van der Waals surface area (Å²) in [4.78, 5) is 30.0. The van der Waals surface area contributed by atoms with Crippen LogP contribution in [0.3, 0.4) is 0 Å². The van der Waals surface area contributed by atoms with Crippen LogP contribution in [0, 0.1) is 0 Å². The number of anilines is 2. The van der Waals surface area contributed by atoms with Gasteiger partial charge in [0.2, 0.25) is 0 Å². The normalized spacial score (nSPS) is 13.8. The maximum Gasteiger partial charge on any atom is 0.323 e. The van der Waals surface area contributed by atoms with Crippen molar-refractivity contribution in [3.8, 4) is 11.5 Å². The molecule has 0 unspecified atom stereocenters. The molecule has 0 saturated carbocycles. The lowest BCUT2D eigenvalue weighted by atomic mass is 10.2. The molecule has 1 saturated heterocycles. The second-order valence-corrected chi connectivity index (χ2v) is 9.96. The Labute approximate surface area is 240 Å². The number of nitrogens with zero attached hydrogens (tertiary/aromatic N) is 2. The molecule has 3 amide bonds. The first-order chi connectivity index (χ1) is 20.1. The molecule has 1 aliphatic heterocycles. The molecule has 210 valence electrons. The van der Waals surface area contributed by atoms with E-state index in [1.165, 1.54) is 5.56 Å². The minimum Gasteiger partial charge on any atom is -0.457 e. The van der Waals surface area contributed by atoms with Crippen molar-refractivity contribution in [3.63, 3.8) is 0 Å². The number of rotatable bonds is 10. The van der Waals surface area contributed by atoms with E-state index < -0.39 is 0 Å². The summed E-state index contributed by atoms with van der Waals surface area (Å²) in [7, 11) is 0. The fourth-order valence-corrected chi connectivity index (χ4v) is 4.70. The lowest BCUT2D eigenvalue weighted by molar-refractivity contribution is 0.0934. The van der Waals surface area contributed by atoms with E-state index in [2.05, 4.69) is 50.0 Å². The Morgan fingerprint density at radius 2 is 1.29 bits per heavy atom. The Balaban J connectivity index is 1.01. The molecular weight excluding hydrogens is 514 g/mol. The lowest BCUT2D eigenvalue weighted by Gasteiger charge is -2.34. The van der Waals surface area contributed by atoms with Crippen molar-refractivity contribution in [1.29, 1.82) is 0 Å². The van der Waals surface area contributed by atoms with Crippen LogP contribution in [-0.2, 0) is 6.54 Å². The Kier molecular flexibility index (Phi) is 9.60. The number of urea groups is 1. The van der Waals surface area contributed by atoms with Gasteiger partial charge in [0.1, 0.15) is 11.5 Å². The first-order valence-electron chi connectivity index (χ1n) is 13.9. The molecule has 1 aliphatic rings. The Hall–Kier alpha value is -4.66. The topological polar surface area (TPSA) is 85.9 Å². The maximum atomic E-state index is 12.6. The van der Waals surface area contributed by atoms with Crippen molar-refractivity contribution in [2.24, 2.45) is 0 Å². The van der Waals surface area contributed by atoms with E-state index in [-0.39, 0.29) is 11.9 Å². The number of hydrogen-bond acceptors (Lipinski definition) is 5. The highest BCUT2D eigenvalue weighted by atomic mass is 16.5. The molecule has 8 heteroatoms. The molecule has 5 rings (SSSR count). The Morgan fingerprint density at radius 3 is 2.02 bits per heavy atom. The van der Waals surface area contributed by atoms with Crippen molar-refractivity contribution < 1.29 is 14.3 Å². The van der Waals surface area contributed by atoms with Gasteiger partial charge in [-0.15, -0.1) is 0 Å². The number of benzene rings is 4. The number of amides is 3. The van der Waals surface area contributed by atoms with Gasteiger partial charge in [-0.2, -0.15) is 0 Å². The van der Waals surface area contributed by atoms with Crippen LogP contribution in [0.4, 0.5) is 16.2 Å². The van der Waals surface area contributed by atoms with Crippen LogP contribution in [0.15, 0.2) is 109 Å². The molecule has 41 heavy (non-hydrogen) atoms. The molecule has 1 heterocycles. The predicted octanol–water partition coefficient (Wildman–Crippen LogP) is 5.67. The van der Waals surface area contributed by atoms with E-state index >= 15 is 0 Å². The molecule has 0 radical (unpaired) electrons. The SMILES string of the molecule is O=C(Nc1ccc(C(=O)NCCN2CCN(Cc3ccccc3)CC2)cc1)Nc1cccc(Oc2ccccc2)c1. The van der Waals surface area contributed by atoms with Crippen molar-refractivity contribution in [2.75, 3.05) is 49.9 Å². The summed E-state index contributed by atoms with van der Waals surface area (Å²) in [6.45, 7) is 6.44. The quantitative estimate of drug-likeness (QED) is 0.237. The third-order valence-electron chi connectivity index (χ3n) is 6.90. The largest absolute Gasteiger partial charge is 0.457 e. The summed E-state index contributed by atoms with van der Waals surface area (Å²) in [6, 6.07) is 33.7. The zero-order chi connectivity index (χ0) is 28.3. The van der Waals surface area contributed by atoms with Gasteiger partial charge in [0.15, 0.2) is 0 Å². The third-order valence-corrected chi connectivity index (χ3v) is 6.90. The van der Waals surface area contributed by atoms with Gasteiger partial charge in [-0.25, -0.2) is 4.79 Å². The van der Waals surface area contributed by atoms with E-state index in [1.54, 1.807) is 36.4 Å². The van der Waals surface area contributed by atoms with Gasteiger partial charge in [-0.3, -0.25) is 14.6 Å². The summed E-state index contributed by atoms with van der Waals surface area (Å²) in [5.74, 6) is 1.21. The highest BCUT2D eigenvalue weighted by Crippen LogP contribution is 2.24. The molecule has 8 nitrogen and oxygen atoms in total. The first-order valence-corrected chi connectivity index (χ1v) is 13.9. The second kappa shape index (κ2) is 14.1. The summed E-state index contributed by atoms with van der Waals surface area (Å²) in [5, 5.41) is 8.62.